The van der Waals surface area contributed by atoms with Crippen LogP contribution in [0.4, 0.5) is 0 Å². The molecular formula is C64H103N7O21. The van der Waals surface area contributed by atoms with E-state index in [9.17, 15) is 25.4 Å². The molecule has 6 fully saturated rings. The molecule has 28 heteroatoms. The summed E-state index contributed by atoms with van der Waals surface area (Å²) in [6, 6.07) is 8.10. The van der Waals surface area contributed by atoms with Crippen molar-refractivity contribution in [1.82, 2.24) is 5.32 Å². The maximum absolute atomic E-state index is 12.5. The summed E-state index contributed by atoms with van der Waals surface area (Å²) in [5.74, 6) is -4.24. The van der Waals surface area contributed by atoms with E-state index in [1.165, 1.54) is 33.4 Å². The zero-order valence-corrected chi connectivity index (χ0v) is 56.6. The number of rotatable bonds is 29. The van der Waals surface area contributed by atoms with E-state index in [-0.39, 0.29) is 55.8 Å². The van der Waals surface area contributed by atoms with E-state index in [1.54, 1.807) is 21.1 Å². The van der Waals surface area contributed by atoms with Crippen LogP contribution >= 0.6 is 0 Å². The van der Waals surface area contributed by atoms with Crippen LogP contribution < -0.4 is 5.32 Å². The van der Waals surface area contributed by atoms with Gasteiger partial charge in [-0.15, -0.1) is 0 Å². The second-order valence-corrected chi connectivity index (χ2v) is 25.7. The molecule has 1 aromatic rings. The maximum atomic E-state index is 12.5. The van der Waals surface area contributed by atoms with E-state index in [4.69, 9.17) is 85.3 Å². The number of unbranched alkanes of at least 4 members (excludes halogenated alkanes) is 2. The van der Waals surface area contributed by atoms with Gasteiger partial charge in [0.05, 0.1) is 73.1 Å². The number of esters is 3. The summed E-state index contributed by atoms with van der Waals surface area (Å²) in [6.07, 6.45) is -11.9. The lowest BCUT2D eigenvalue weighted by molar-refractivity contribution is -0.368. The fourth-order valence-corrected chi connectivity index (χ4v) is 14.0. The number of nitrogens with one attached hydrogen (secondary N) is 1. The van der Waals surface area contributed by atoms with E-state index in [0.29, 0.717) is 6.61 Å². The van der Waals surface area contributed by atoms with Crippen molar-refractivity contribution in [2.45, 2.75) is 257 Å². The van der Waals surface area contributed by atoms with E-state index < -0.39 is 165 Å². The predicted molar refractivity (Wildman–Crippen MR) is 328 cm³/mol. The summed E-state index contributed by atoms with van der Waals surface area (Å²) in [4.78, 5) is 43.4. The highest BCUT2D eigenvalue weighted by Gasteiger charge is 2.56. The highest BCUT2D eigenvalue weighted by Crippen LogP contribution is 2.43. The molecule has 0 radical (unpaired) electrons. The topological polar surface area (TPSA) is 327 Å². The Morgan fingerprint density at radius 2 is 0.848 bits per heavy atom. The lowest BCUT2D eigenvalue weighted by atomic mass is 9.85. The van der Waals surface area contributed by atoms with Crippen LogP contribution in [0.15, 0.2) is 40.6 Å². The third-order valence-electron chi connectivity index (χ3n) is 19.4. The van der Waals surface area contributed by atoms with Crippen molar-refractivity contribution in [2.24, 2.45) is 51.7 Å². The molecule has 0 aliphatic carbocycles. The van der Waals surface area contributed by atoms with Crippen LogP contribution in [0, 0.1) is 41.4 Å². The van der Waals surface area contributed by atoms with Crippen molar-refractivity contribution in [3.8, 4) is 0 Å². The Morgan fingerprint density at radius 1 is 0.457 bits per heavy atom. The Balaban J connectivity index is 1.03. The molecule has 6 heterocycles. The number of azide groups is 2. The van der Waals surface area contributed by atoms with Crippen molar-refractivity contribution >= 4 is 17.9 Å². The fraction of sp³-hybridized carbons (Fsp3) is 0.859. The Labute approximate surface area is 541 Å². The summed E-state index contributed by atoms with van der Waals surface area (Å²) in [6.45, 7) is 22.9. The summed E-state index contributed by atoms with van der Waals surface area (Å²) >= 11 is 0. The highest BCUT2D eigenvalue weighted by atomic mass is 16.8. The number of ether oxygens (including phenoxy) is 18. The third kappa shape index (κ3) is 18.6. The number of aryl methyl sites for hydroxylation is 1. The molecule has 0 bridgehead atoms. The van der Waals surface area contributed by atoms with Crippen LogP contribution in [0.3, 0.4) is 0 Å². The molecule has 0 saturated carbocycles. The number of nitrogens with zero attached hydrogens (tertiary/aromatic N) is 6. The third-order valence-corrected chi connectivity index (χ3v) is 19.4. The molecule has 30 atom stereocenters. The first-order valence-corrected chi connectivity index (χ1v) is 32.6. The molecule has 0 aromatic heterocycles. The number of carbonyl (C=O) groups excluding carboxylic acids is 3. The number of carbonyl (C=O) groups is 3. The lowest BCUT2D eigenvalue weighted by Gasteiger charge is -2.52. The minimum atomic E-state index is -1.24. The molecule has 6 saturated heterocycles. The van der Waals surface area contributed by atoms with Gasteiger partial charge in [-0.25, -0.2) is 0 Å². The molecule has 0 amide bonds. The fourth-order valence-electron chi connectivity index (χ4n) is 14.0. The summed E-state index contributed by atoms with van der Waals surface area (Å²) in [5.41, 5.74) is 21.4. The molecule has 0 spiro atoms. The quantitative estimate of drug-likeness (QED) is 0.0199. The second-order valence-electron chi connectivity index (χ2n) is 25.7. The molecule has 7 rings (SSSR count). The van der Waals surface area contributed by atoms with Crippen molar-refractivity contribution in [3.63, 3.8) is 0 Å². The van der Waals surface area contributed by atoms with Crippen molar-refractivity contribution in [3.05, 3.63) is 56.8 Å². The minimum absolute atomic E-state index is 0.0766. The van der Waals surface area contributed by atoms with Gasteiger partial charge in [0.2, 0.25) is 0 Å². The van der Waals surface area contributed by atoms with Crippen molar-refractivity contribution < 1.29 is 99.6 Å². The lowest BCUT2D eigenvalue weighted by Crippen LogP contribution is -2.64. The molecule has 6 aliphatic rings. The van der Waals surface area contributed by atoms with Crippen LogP contribution in [-0.4, -0.2) is 214 Å². The zero-order valence-electron chi connectivity index (χ0n) is 56.6. The highest BCUT2D eigenvalue weighted by molar-refractivity contribution is 5.66. The van der Waals surface area contributed by atoms with E-state index in [0.717, 1.165) is 25.7 Å². The Kier molecular flexibility index (Phi) is 29.0. The second kappa shape index (κ2) is 35.6. The molecule has 1 aromatic carbocycles. The van der Waals surface area contributed by atoms with Crippen molar-refractivity contribution in [2.75, 3.05) is 54.8 Å². The largest absolute Gasteiger partial charge is 0.463 e. The van der Waals surface area contributed by atoms with E-state index >= 15 is 0 Å². The van der Waals surface area contributed by atoms with Crippen LogP contribution in [0.5, 0.6) is 0 Å². The van der Waals surface area contributed by atoms with Gasteiger partial charge in [0.15, 0.2) is 37.7 Å². The molecule has 1 N–H and O–H groups in total. The van der Waals surface area contributed by atoms with Gasteiger partial charge >= 0.3 is 17.9 Å². The van der Waals surface area contributed by atoms with Crippen LogP contribution in [0.1, 0.15) is 115 Å². The molecule has 6 aliphatic heterocycles. The molecule has 92 heavy (non-hydrogen) atoms. The molecular weight excluding hydrogens is 1200 g/mol. The first-order chi connectivity index (χ1) is 44.0. The summed E-state index contributed by atoms with van der Waals surface area (Å²) in [7, 11) is 6.58. The average molecular weight is 1310 g/mol. The van der Waals surface area contributed by atoms with Crippen LogP contribution in [0.25, 0.3) is 20.9 Å². The average Bonchev–Trinajstić information content (AvgIpc) is 0.787. The van der Waals surface area contributed by atoms with Gasteiger partial charge in [-0.05, 0) is 75.5 Å². The SMILES string of the molecule is CNC1[C@H](OCCCCCc2ccccc2)OC(COC(C)=O)[C@@H](O[C@@H]2OC(C)[C@@H](O[C@H]3OC(COC(C)=O)[C@@H](O[C@@H]4OC(C)[C@H](O[C@H]5OC(COC(C)=O)[C@@H](O[C@@H]6OC(C)[C@@H](C)C(OC)[C@@H]6C)[C@H](C)C5N=[N+]=[N-])C(OC)[C@@H]4C)[C@H](C)C3N=[N+]=[N-])C(OC)[C@@H]2C)[C@@H]1C. The number of hydrogen-bond donors (Lipinski definition) is 1. The van der Waals surface area contributed by atoms with E-state index in [2.05, 4.69) is 44.4 Å². The molecule has 12 unspecified atom stereocenters. The van der Waals surface area contributed by atoms with Gasteiger partial charge in [-0.3, -0.25) is 14.4 Å². The van der Waals surface area contributed by atoms with Gasteiger partial charge in [0.25, 0.3) is 0 Å². The Hall–Kier alpha value is -4.39. The standard InChI is InChI=1S/C64H103N7O21/c1-31-38(8)82-59(35(5)51(31)75-15)89-53-33(3)49(68-70-65)63(86-46(53)29-80-42(12)73)92-58-40(10)84-61(37(7)56(58)77-17)90-54-34(4)50(69-71-66)64(87-47(54)30-81-43(13)74)91-57-39(9)83-60(36(6)55(57)76-16)88-52-32(2)48(67-14)62(85-45(52)28-79-41(11)72)78-27-23-19-22-26-44-24-20-18-21-25-44/h18,20-21,24-25,31-40,45-64,67H,19,22-23,26-30H2,1-17H3/t31-,32-,33-,34-,35+,36+,37+,38?,39?,40?,45?,46?,47?,48?,49?,50?,51?,52+,53+,54+,55?,56?,57-,58+,59+,60+,61+,62-,63-,64-/m1/s1. The molecule has 28 nitrogen and oxygen atoms in total. The number of benzene rings is 1. The number of methoxy groups -OCH3 is 3. The normalized spacial score (nSPS) is 41.5. The van der Waals surface area contributed by atoms with Crippen LogP contribution in [0.2, 0.25) is 0 Å². The monoisotopic (exact) mass is 1310 g/mol. The first-order valence-electron chi connectivity index (χ1n) is 32.6. The smallest absolute Gasteiger partial charge is 0.302 e. The van der Waals surface area contributed by atoms with Gasteiger partial charge in [-0.1, -0.05) is 95.4 Å². The van der Waals surface area contributed by atoms with Gasteiger partial charge in [0, 0.05) is 88.1 Å². The molecule has 520 valence electrons. The number of hydrogen-bond acceptors (Lipinski definition) is 24. The van der Waals surface area contributed by atoms with Crippen molar-refractivity contribution in [1.29, 1.82) is 0 Å². The zero-order chi connectivity index (χ0) is 67.1. The summed E-state index contributed by atoms with van der Waals surface area (Å²) < 4.78 is 115. The van der Waals surface area contributed by atoms with Gasteiger partial charge in [-0.2, -0.15) is 0 Å². The van der Waals surface area contributed by atoms with Gasteiger partial charge in [0.1, 0.15) is 50.3 Å². The maximum Gasteiger partial charge on any atom is 0.302 e. The van der Waals surface area contributed by atoms with Crippen LogP contribution in [-0.2, 0) is 106 Å². The van der Waals surface area contributed by atoms with Gasteiger partial charge < -0.3 is 90.6 Å². The summed E-state index contributed by atoms with van der Waals surface area (Å²) in [5, 5.41) is 11.8. The Bertz CT molecular complexity index is 2560. The number of likely N-dealkylation sites (N-methyl/N-ethyl adjacent to an activating group) is 1. The first kappa shape index (κ1) is 75.0. The predicted octanol–water partition coefficient (Wildman–Crippen LogP) is 7.88. The minimum Gasteiger partial charge on any atom is -0.463 e. The van der Waals surface area contributed by atoms with E-state index in [1.807, 2.05) is 80.6 Å². The Morgan fingerprint density at radius 3 is 1.25 bits per heavy atom.